The summed E-state index contributed by atoms with van der Waals surface area (Å²) in [6, 6.07) is 13.2. The maximum Gasteiger partial charge on any atom is 0.251 e. The molecule has 1 heterocycles. The molecule has 0 aliphatic heterocycles. The fraction of sp³-hybridized carbons (Fsp3) is 0.304. The summed E-state index contributed by atoms with van der Waals surface area (Å²) in [6.45, 7) is 2.90. The van der Waals surface area contributed by atoms with Gasteiger partial charge in [0.2, 0.25) is 5.91 Å². The second kappa shape index (κ2) is 9.37. The van der Waals surface area contributed by atoms with Crippen LogP contribution < -0.4 is 5.32 Å². The number of fused-ring (bicyclic) bond motifs is 1. The van der Waals surface area contributed by atoms with Gasteiger partial charge in [-0.1, -0.05) is 25.1 Å². The minimum atomic E-state index is -0.383. The van der Waals surface area contributed by atoms with Gasteiger partial charge in [0, 0.05) is 49.5 Å². The van der Waals surface area contributed by atoms with Crippen molar-refractivity contribution in [2.24, 2.45) is 0 Å². The quantitative estimate of drug-likeness (QED) is 0.578. The van der Waals surface area contributed by atoms with Gasteiger partial charge < -0.3 is 14.6 Å². The van der Waals surface area contributed by atoms with Crippen molar-refractivity contribution in [3.8, 4) is 0 Å². The first kappa shape index (κ1) is 20.6. The minimum Gasteiger partial charge on any atom is -0.461 e. The number of benzene rings is 2. The topological polar surface area (TPSA) is 62.6 Å². The van der Waals surface area contributed by atoms with Gasteiger partial charge in [0.15, 0.2) is 0 Å². The third-order valence-corrected chi connectivity index (χ3v) is 4.88. The zero-order valence-electron chi connectivity index (χ0n) is 16.7. The number of rotatable bonds is 8. The van der Waals surface area contributed by atoms with E-state index >= 15 is 0 Å². The van der Waals surface area contributed by atoms with Crippen LogP contribution in [-0.2, 0) is 17.8 Å². The second-order valence-electron chi connectivity index (χ2n) is 6.97. The normalized spacial score (nSPS) is 10.9. The van der Waals surface area contributed by atoms with E-state index in [4.69, 9.17) is 4.42 Å². The number of hydrogen-bond acceptors (Lipinski definition) is 3. The summed E-state index contributed by atoms with van der Waals surface area (Å²) in [4.78, 5) is 26.2. The first-order chi connectivity index (χ1) is 14.0. The number of amides is 2. The highest BCUT2D eigenvalue weighted by Gasteiger charge is 2.17. The SMILES string of the molecule is CCc1oc2ccccc2c1CN(C)C(=O)CCCNC(=O)c1ccc(F)cc1. The Labute approximate surface area is 169 Å². The lowest BCUT2D eigenvalue weighted by molar-refractivity contribution is -0.130. The Balaban J connectivity index is 1.50. The third kappa shape index (κ3) is 5.02. The van der Waals surface area contributed by atoms with Crippen LogP contribution >= 0.6 is 0 Å². The number of hydrogen-bond donors (Lipinski definition) is 1. The molecule has 1 N–H and O–H groups in total. The number of furan rings is 1. The largest absolute Gasteiger partial charge is 0.461 e. The van der Waals surface area contributed by atoms with Crippen LogP contribution in [0.15, 0.2) is 52.9 Å². The molecule has 0 saturated carbocycles. The smallest absolute Gasteiger partial charge is 0.251 e. The van der Waals surface area contributed by atoms with Crippen molar-refractivity contribution >= 4 is 22.8 Å². The van der Waals surface area contributed by atoms with Crippen molar-refractivity contribution in [3.63, 3.8) is 0 Å². The fourth-order valence-electron chi connectivity index (χ4n) is 3.27. The van der Waals surface area contributed by atoms with Crippen LogP contribution in [0.4, 0.5) is 4.39 Å². The zero-order valence-corrected chi connectivity index (χ0v) is 16.7. The Morgan fingerprint density at radius 3 is 2.55 bits per heavy atom. The number of carbonyl (C=O) groups is 2. The lowest BCUT2D eigenvalue weighted by Crippen LogP contribution is -2.29. The predicted octanol–water partition coefficient (Wildman–Crippen LogP) is 4.30. The molecule has 2 amide bonds. The van der Waals surface area contributed by atoms with Crippen LogP contribution in [0.3, 0.4) is 0 Å². The van der Waals surface area contributed by atoms with E-state index in [0.717, 1.165) is 28.7 Å². The highest BCUT2D eigenvalue weighted by Crippen LogP contribution is 2.27. The molecule has 0 bridgehead atoms. The van der Waals surface area contributed by atoms with Crippen molar-refractivity contribution in [1.29, 1.82) is 0 Å². The van der Waals surface area contributed by atoms with E-state index in [9.17, 15) is 14.0 Å². The van der Waals surface area contributed by atoms with Gasteiger partial charge >= 0.3 is 0 Å². The average Bonchev–Trinajstić information content (AvgIpc) is 3.09. The highest BCUT2D eigenvalue weighted by atomic mass is 19.1. The van der Waals surface area contributed by atoms with E-state index in [2.05, 4.69) is 5.32 Å². The van der Waals surface area contributed by atoms with Crippen LogP contribution in [0.5, 0.6) is 0 Å². The van der Waals surface area contributed by atoms with Gasteiger partial charge in [-0.15, -0.1) is 0 Å². The molecule has 5 nitrogen and oxygen atoms in total. The summed E-state index contributed by atoms with van der Waals surface area (Å²) in [7, 11) is 1.78. The predicted molar refractivity (Wildman–Crippen MR) is 110 cm³/mol. The van der Waals surface area contributed by atoms with E-state index < -0.39 is 0 Å². The first-order valence-electron chi connectivity index (χ1n) is 9.76. The summed E-state index contributed by atoms with van der Waals surface area (Å²) in [5.41, 5.74) is 2.28. The molecule has 1 aromatic heterocycles. The fourth-order valence-corrected chi connectivity index (χ4v) is 3.27. The van der Waals surface area contributed by atoms with Gasteiger partial charge in [0.05, 0.1) is 0 Å². The highest BCUT2D eigenvalue weighted by molar-refractivity contribution is 5.94. The standard InChI is InChI=1S/C23H25FN2O3/c1-3-20-19(18-7-4-5-8-21(18)29-20)15-26(2)22(27)9-6-14-25-23(28)16-10-12-17(24)13-11-16/h4-5,7-8,10-13H,3,6,9,14-15H2,1-2H3,(H,25,28). The molecule has 3 aromatic rings. The van der Waals surface area contributed by atoms with Gasteiger partial charge in [-0.05, 0) is 36.8 Å². The molecule has 0 aliphatic rings. The number of halogens is 1. The number of nitrogens with zero attached hydrogens (tertiary/aromatic N) is 1. The van der Waals surface area contributed by atoms with Crippen LogP contribution in [0.1, 0.15) is 41.4 Å². The van der Waals surface area contributed by atoms with Gasteiger partial charge in [-0.3, -0.25) is 9.59 Å². The van der Waals surface area contributed by atoms with Crippen molar-refractivity contribution in [2.75, 3.05) is 13.6 Å². The van der Waals surface area contributed by atoms with Gasteiger partial charge in [-0.2, -0.15) is 0 Å². The minimum absolute atomic E-state index is 0.00775. The van der Waals surface area contributed by atoms with Crippen LogP contribution in [0, 0.1) is 5.82 Å². The van der Waals surface area contributed by atoms with Crippen molar-refractivity contribution < 1.29 is 18.4 Å². The van der Waals surface area contributed by atoms with Crippen LogP contribution in [-0.4, -0.2) is 30.3 Å². The molecule has 152 valence electrons. The molecule has 29 heavy (non-hydrogen) atoms. The molecule has 0 atom stereocenters. The van der Waals surface area contributed by atoms with Crippen molar-refractivity contribution in [1.82, 2.24) is 10.2 Å². The van der Waals surface area contributed by atoms with E-state index in [1.54, 1.807) is 11.9 Å². The molecule has 0 fully saturated rings. The van der Waals surface area contributed by atoms with E-state index in [1.807, 2.05) is 31.2 Å². The van der Waals surface area contributed by atoms with Gasteiger partial charge in [0.1, 0.15) is 17.2 Å². The Hall–Kier alpha value is -3.15. The number of nitrogens with one attached hydrogen (secondary N) is 1. The number of para-hydroxylation sites is 1. The van der Waals surface area contributed by atoms with E-state index in [-0.39, 0.29) is 17.6 Å². The summed E-state index contributed by atoms with van der Waals surface area (Å²) < 4.78 is 18.8. The maximum atomic E-state index is 12.9. The number of aryl methyl sites for hydroxylation is 1. The lowest BCUT2D eigenvalue weighted by Gasteiger charge is -2.17. The summed E-state index contributed by atoms with van der Waals surface area (Å²) in [6.07, 6.45) is 1.63. The molecule has 0 aliphatic carbocycles. The molecule has 6 heteroatoms. The Morgan fingerprint density at radius 2 is 1.83 bits per heavy atom. The summed E-state index contributed by atoms with van der Waals surface area (Å²) >= 11 is 0. The molecule has 0 unspecified atom stereocenters. The lowest BCUT2D eigenvalue weighted by atomic mass is 10.1. The molecular weight excluding hydrogens is 371 g/mol. The van der Waals surface area contributed by atoms with Crippen molar-refractivity contribution in [3.05, 3.63) is 71.2 Å². The molecule has 0 saturated heterocycles. The van der Waals surface area contributed by atoms with E-state index in [0.29, 0.717) is 31.5 Å². The first-order valence-corrected chi connectivity index (χ1v) is 9.76. The second-order valence-corrected chi connectivity index (χ2v) is 6.97. The van der Waals surface area contributed by atoms with Gasteiger partial charge in [-0.25, -0.2) is 4.39 Å². The Bertz CT molecular complexity index is 995. The van der Waals surface area contributed by atoms with Crippen molar-refractivity contribution in [2.45, 2.75) is 32.7 Å². The Kier molecular flexibility index (Phi) is 6.65. The maximum absolute atomic E-state index is 12.9. The number of carbonyl (C=O) groups excluding carboxylic acids is 2. The molecule has 0 radical (unpaired) electrons. The molecule has 3 rings (SSSR count). The molecule has 2 aromatic carbocycles. The van der Waals surface area contributed by atoms with Crippen LogP contribution in [0.2, 0.25) is 0 Å². The summed E-state index contributed by atoms with van der Waals surface area (Å²) in [5, 5.41) is 3.79. The van der Waals surface area contributed by atoms with Crippen LogP contribution in [0.25, 0.3) is 11.0 Å². The average molecular weight is 396 g/mol. The zero-order chi connectivity index (χ0) is 20.8. The molecule has 0 spiro atoms. The molecular formula is C23H25FN2O3. The van der Waals surface area contributed by atoms with Gasteiger partial charge in [0.25, 0.3) is 5.91 Å². The summed E-state index contributed by atoms with van der Waals surface area (Å²) in [5.74, 6) is 0.251. The Morgan fingerprint density at radius 1 is 1.10 bits per heavy atom. The monoisotopic (exact) mass is 396 g/mol. The third-order valence-electron chi connectivity index (χ3n) is 4.88. The van der Waals surface area contributed by atoms with E-state index in [1.165, 1.54) is 24.3 Å².